The Hall–Kier alpha value is -1.66. The Labute approximate surface area is 165 Å². The first-order valence-corrected chi connectivity index (χ1v) is 9.92. The summed E-state index contributed by atoms with van der Waals surface area (Å²) < 4.78 is 6.70. The lowest BCUT2D eigenvalue weighted by Crippen LogP contribution is -2.37. The van der Waals surface area contributed by atoms with E-state index in [0.717, 1.165) is 29.7 Å². The molecule has 0 saturated carbocycles. The molecule has 1 aliphatic rings. The van der Waals surface area contributed by atoms with Gasteiger partial charge in [-0.15, -0.1) is 0 Å². The van der Waals surface area contributed by atoms with Crippen molar-refractivity contribution >= 4 is 55.8 Å². The molecule has 26 heavy (non-hydrogen) atoms. The van der Waals surface area contributed by atoms with Gasteiger partial charge in [0, 0.05) is 22.2 Å². The molecule has 1 aliphatic heterocycles. The van der Waals surface area contributed by atoms with E-state index >= 15 is 0 Å². The fourth-order valence-corrected chi connectivity index (χ4v) is 4.37. The lowest BCUT2D eigenvalue weighted by Gasteiger charge is -2.23. The van der Waals surface area contributed by atoms with Crippen LogP contribution in [0.15, 0.2) is 42.5 Å². The van der Waals surface area contributed by atoms with Crippen LogP contribution < -0.4 is 4.90 Å². The molecule has 0 spiro atoms. The second-order valence-corrected chi connectivity index (χ2v) is 8.05. The van der Waals surface area contributed by atoms with E-state index in [2.05, 4.69) is 4.98 Å². The summed E-state index contributed by atoms with van der Waals surface area (Å²) in [5, 5.41) is 1.90. The molecule has 0 radical (unpaired) electrons. The predicted octanol–water partition coefficient (Wildman–Crippen LogP) is 5.43. The maximum absolute atomic E-state index is 13.2. The Morgan fingerprint density at radius 1 is 1.19 bits per heavy atom. The number of hydrogen-bond acceptors (Lipinski definition) is 4. The molecule has 1 unspecified atom stereocenters. The molecule has 0 N–H and O–H groups in total. The summed E-state index contributed by atoms with van der Waals surface area (Å²) in [5.41, 5.74) is 1.40. The van der Waals surface area contributed by atoms with Gasteiger partial charge in [0.1, 0.15) is 0 Å². The van der Waals surface area contributed by atoms with Gasteiger partial charge in [-0.05, 0) is 55.3 Å². The van der Waals surface area contributed by atoms with Crippen molar-refractivity contribution in [1.82, 2.24) is 4.98 Å². The zero-order chi connectivity index (χ0) is 18.1. The number of anilines is 1. The van der Waals surface area contributed by atoms with E-state index in [1.54, 1.807) is 35.2 Å². The number of rotatable bonds is 4. The average molecular weight is 407 g/mol. The molecule has 3 aromatic rings. The van der Waals surface area contributed by atoms with Gasteiger partial charge in [0.05, 0.1) is 22.9 Å². The molecule has 7 heteroatoms. The summed E-state index contributed by atoms with van der Waals surface area (Å²) in [6.07, 6.45) is 1.99. The maximum atomic E-state index is 13.2. The van der Waals surface area contributed by atoms with Crippen LogP contribution in [0.5, 0.6) is 0 Å². The number of fused-ring (bicyclic) bond motifs is 1. The molecule has 2 aromatic carbocycles. The molecule has 0 bridgehead atoms. The number of amides is 1. The van der Waals surface area contributed by atoms with E-state index in [1.807, 2.05) is 12.1 Å². The molecule has 1 amide bonds. The third-order valence-corrected chi connectivity index (χ3v) is 5.84. The van der Waals surface area contributed by atoms with Gasteiger partial charge in [-0.1, -0.05) is 34.5 Å². The van der Waals surface area contributed by atoms with Gasteiger partial charge in [-0.2, -0.15) is 0 Å². The molecule has 134 valence electrons. The van der Waals surface area contributed by atoms with Crippen molar-refractivity contribution in [2.24, 2.45) is 0 Å². The Kier molecular flexibility index (Phi) is 5.14. The van der Waals surface area contributed by atoms with Gasteiger partial charge in [0.25, 0.3) is 5.91 Å². The summed E-state index contributed by atoms with van der Waals surface area (Å²) >= 11 is 13.5. The first-order valence-electron chi connectivity index (χ1n) is 8.35. The number of carbonyl (C=O) groups excluding carboxylic acids is 1. The monoisotopic (exact) mass is 406 g/mol. The maximum Gasteiger partial charge on any atom is 0.260 e. The van der Waals surface area contributed by atoms with Gasteiger partial charge in [-0.3, -0.25) is 9.69 Å². The number of benzene rings is 2. The fourth-order valence-electron chi connectivity index (χ4n) is 2.99. The van der Waals surface area contributed by atoms with Crippen LogP contribution in [-0.2, 0) is 4.74 Å². The van der Waals surface area contributed by atoms with E-state index in [1.165, 1.54) is 11.3 Å². The summed E-state index contributed by atoms with van der Waals surface area (Å²) in [5.74, 6) is -0.109. The topological polar surface area (TPSA) is 42.4 Å². The van der Waals surface area contributed by atoms with Crippen LogP contribution in [0.2, 0.25) is 10.0 Å². The standard InChI is InChI=1S/C19H16Cl2N2O2S/c20-13-5-3-12(4-6-13)18(24)23(11-15-2-1-9-25-15)19-22-16-8-7-14(21)10-17(16)26-19/h3-8,10,15H,1-2,9,11H2. The second-order valence-electron chi connectivity index (χ2n) is 6.17. The van der Waals surface area contributed by atoms with E-state index in [0.29, 0.717) is 27.3 Å². The van der Waals surface area contributed by atoms with Crippen LogP contribution in [0, 0.1) is 0 Å². The van der Waals surface area contributed by atoms with Gasteiger partial charge in [0.2, 0.25) is 0 Å². The van der Waals surface area contributed by atoms with Gasteiger partial charge in [-0.25, -0.2) is 4.98 Å². The highest BCUT2D eigenvalue weighted by Gasteiger charge is 2.27. The third kappa shape index (κ3) is 3.71. The van der Waals surface area contributed by atoms with Crippen LogP contribution in [0.1, 0.15) is 23.2 Å². The summed E-state index contributed by atoms with van der Waals surface area (Å²) in [6, 6.07) is 12.5. The minimum absolute atomic E-state index is 0.0295. The van der Waals surface area contributed by atoms with Crippen molar-refractivity contribution < 1.29 is 9.53 Å². The first-order chi connectivity index (χ1) is 12.6. The Morgan fingerprint density at radius 2 is 1.96 bits per heavy atom. The largest absolute Gasteiger partial charge is 0.376 e. The van der Waals surface area contributed by atoms with Crippen LogP contribution in [0.25, 0.3) is 10.2 Å². The summed E-state index contributed by atoms with van der Waals surface area (Å²) in [4.78, 5) is 19.5. The van der Waals surface area contributed by atoms with Crippen molar-refractivity contribution in [1.29, 1.82) is 0 Å². The molecule has 0 aliphatic carbocycles. The summed E-state index contributed by atoms with van der Waals surface area (Å²) in [7, 11) is 0. The van der Waals surface area contributed by atoms with Crippen LogP contribution in [0.4, 0.5) is 5.13 Å². The lowest BCUT2D eigenvalue weighted by atomic mass is 10.2. The zero-order valence-electron chi connectivity index (χ0n) is 13.8. The van der Waals surface area contributed by atoms with Gasteiger partial charge in [0.15, 0.2) is 5.13 Å². The van der Waals surface area contributed by atoms with Crippen LogP contribution in [-0.4, -0.2) is 30.1 Å². The number of nitrogens with zero attached hydrogens (tertiary/aromatic N) is 2. The van der Waals surface area contributed by atoms with Crippen molar-refractivity contribution in [3.05, 3.63) is 58.1 Å². The number of aromatic nitrogens is 1. The number of ether oxygens (including phenoxy) is 1. The molecule has 4 rings (SSSR count). The van der Waals surface area contributed by atoms with E-state index < -0.39 is 0 Å². The molecule has 1 atom stereocenters. The van der Waals surface area contributed by atoms with Crippen molar-refractivity contribution in [2.75, 3.05) is 18.1 Å². The third-order valence-electron chi connectivity index (χ3n) is 4.32. The SMILES string of the molecule is O=C(c1ccc(Cl)cc1)N(CC1CCCO1)c1nc2ccc(Cl)cc2s1. The molecular weight excluding hydrogens is 391 g/mol. The molecule has 1 fully saturated rings. The molecular formula is C19H16Cl2N2O2S. The van der Waals surface area contributed by atoms with Crippen LogP contribution in [0.3, 0.4) is 0 Å². The van der Waals surface area contributed by atoms with Crippen molar-refractivity contribution in [2.45, 2.75) is 18.9 Å². The van der Waals surface area contributed by atoms with Crippen LogP contribution >= 0.6 is 34.5 Å². The van der Waals surface area contributed by atoms with Gasteiger partial charge >= 0.3 is 0 Å². The minimum Gasteiger partial charge on any atom is -0.376 e. The molecule has 1 saturated heterocycles. The average Bonchev–Trinajstić information content (AvgIpc) is 3.28. The molecule has 1 aromatic heterocycles. The highest BCUT2D eigenvalue weighted by Crippen LogP contribution is 2.32. The number of carbonyl (C=O) groups is 1. The summed E-state index contributed by atoms with van der Waals surface area (Å²) in [6.45, 7) is 1.22. The zero-order valence-corrected chi connectivity index (χ0v) is 16.2. The lowest BCUT2D eigenvalue weighted by molar-refractivity contribution is 0.0917. The first kappa shape index (κ1) is 17.7. The van der Waals surface area contributed by atoms with Gasteiger partial charge < -0.3 is 4.74 Å². The number of thiazole rings is 1. The number of halogens is 2. The highest BCUT2D eigenvalue weighted by molar-refractivity contribution is 7.22. The smallest absolute Gasteiger partial charge is 0.260 e. The predicted molar refractivity (Wildman–Crippen MR) is 107 cm³/mol. The van der Waals surface area contributed by atoms with E-state index in [-0.39, 0.29) is 12.0 Å². The van der Waals surface area contributed by atoms with E-state index in [9.17, 15) is 4.79 Å². The minimum atomic E-state index is -0.109. The van der Waals surface area contributed by atoms with Crippen molar-refractivity contribution in [3.8, 4) is 0 Å². The number of hydrogen-bond donors (Lipinski definition) is 0. The highest BCUT2D eigenvalue weighted by atomic mass is 35.5. The fraction of sp³-hybridized carbons (Fsp3) is 0.263. The normalized spacial score (nSPS) is 16.9. The van der Waals surface area contributed by atoms with E-state index in [4.69, 9.17) is 27.9 Å². The van der Waals surface area contributed by atoms with Crippen molar-refractivity contribution in [3.63, 3.8) is 0 Å². The second kappa shape index (κ2) is 7.53. The Morgan fingerprint density at radius 3 is 2.69 bits per heavy atom. The Balaban J connectivity index is 1.70. The quantitative estimate of drug-likeness (QED) is 0.579. The molecule has 4 nitrogen and oxygen atoms in total. The Bertz CT molecular complexity index is 936. The molecule has 2 heterocycles.